The van der Waals surface area contributed by atoms with Gasteiger partial charge in [-0.3, -0.25) is 4.98 Å². The number of hydrogen-bond donors (Lipinski definition) is 0. The van der Waals surface area contributed by atoms with Crippen LogP contribution in [0.2, 0.25) is 0 Å². The molecule has 0 amide bonds. The maximum absolute atomic E-state index is 13.2. The maximum Gasteiger partial charge on any atom is 0.420 e. The predicted molar refractivity (Wildman–Crippen MR) is 93.6 cm³/mol. The van der Waals surface area contributed by atoms with Crippen molar-refractivity contribution in [2.45, 2.75) is 46.2 Å². The Bertz CT molecular complexity index is 662. The lowest BCUT2D eigenvalue weighted by Crippen LogP contribution is -2.14. The van der Waals surface area contributed by atoms with E-state index < -0.39 is 21.9 Å². The number of nitrogens with zero attached hydrogens (tertiary/aromatic N) is 2. The highest BCUT2D eigenvalue weighted by molar-refractivity contribution is 6.36. The van der Waals surface area contributed by atoms with E-state index in [9.17, 15) is 13.2 Å². The first-order chi connectivity index (χ1) is 11.2. The van der Waals surface area contributed by atoms with Gasteiger partial charge in [0.25, 0.3) is 0 Å². The molecule has 0 aliphatic heterocycles. The number of pyridine rings is 1. The van der Waals surface area contributed by atoms with Gasteiger partial charge in [0, 0.05) is 5.69 Å². The predicted octanol–water partition coefficient (Wildman–Crippen LogP) is 6.39. The lowest BCUT2D eigenvalue weighted by Gasteiger charge is -2.12. The number of halogens is 5. The van der Waals surface area contributed by atoms with Crippen LogP contribution in [-0.4, -0.2) is 16.9 Å². The molecule has 0 aromatic carbocycles. The molecule has 132 valence electrons. The lowest BCUT2D eigenvalue weighted by atomic mass is 10.2. The molecule has 0 fully saturated rings. The van der Waals surface area contributed by atoms with Gasteiger partial charge in [-0.15, -0.1) is 0 Å². The first kappa shape index (κ1) is 20.7. The molecule has 0 unspecified atom stereocenters. The third-order valence-electron chi connectivity index (χ3n) is 3.06. The number of hydrogen-bond acceptors (Lipinski definition) is 2. The van der Waals surface area contributed by atoms with Gasteiger partial charge in [-0.1, -0.05) is 55.6 Å². The molecular formula is C17H19Cl2F3N2. The second-order valence-corrected chi connectivity index (χ2v) is 5.85. The lowest BCUT2D eigenvalue weighted by molar-refractivity contribution is -0.0890. The topological polar surface area (TPSA) is 25.2 Å². The van der Waals surface area contributed by atoms with E-state index in [2.05, 4.69) is 9.98 Å². The van der Waals surface area contributed by atoms with Crippen LogP contribution < -0.4 is 0 Å². The van der Waals surface area contributed by atoms with Crippen molar-refractivity contribution in [3.8, 4) is 0 Å². The van der Waals surface area contributed by atoms with Crippen LogP contribution in [0.1, 0.15) is 45.0 Å². The summed E-state index contributed by atoms with van der Waals surface area (Å²) < 4.78 is 39.6. The third-order valence-corrected chi connectivity index (χ3v) is 3.68. The molecule has 0 aliphatic carbocycles. The van der Waals surface area contributed by atoms with E-state index in [1.165, 1.54) is 6.08 Å². The normalized spacial score (nSPS) is 14.7. The first-order valence-corrected chi connectivity index (χ1v) is 8.30. The van der Waals surface area contributed by atoms with Crippen molar-refractivity contribution < 1.29 is 13.2 Å². The second-order valence-electron chi connectivity index (χ2n) is 5.09. The monoisotopic (exact) mass is 378 g/mol. The minimum absolute atomic E-state index is 0.292. The zero-order valence-corrected chi connectivity index (χ0v) is 15.2. The van der Waals surface area contributed by atoms with Crippen molar-refractivity contribution in [3.05, 3.63) is 51.4 Å². The van der Waals surface area contributed by atoms with Crippen LogP contribution in [0, 0.1) is 0 Å². The van der Waals surface area contributed by atoms with Crippen LogP contribution in [-0.2, 0) is 6.42 Å². The largest absolute Gasteiger partial charge is 0.420 e. The van der Waals surface area contributed by atoms with Crippen molar-refractivity contribution in [3.63, 3.8) is 0 Å². The Hall–Kier alpha value is -1.33. The van der Waals surface area contributed by atoms with Crippen LogP contribution in [0.5, 0.6) is 0 Å². The van der Waals surface area contributed by atoms with Gasteiger partial charge < -0.3 is 0 Å². The smallest absolute Gasteiger partial charge is 0.252 e. The Kier molecular flexibility index (Phi) is 7.97. The summed E-state index contributed by atoms with van der Waals surface area (Å²) in [5.41, 5.74) is 0.484. The number of rotatable bonds is 6. The number of alkyl halides is 3. The van der Waals surface area contributed by atoms with Gasteiger partial charge in [-0.2, -0.15) is 13.2 Å². The molecule has 0 spiro atoms. The van der Waals surface area contributed by atoms with E-state index in [1.807, 2.05) is 13.0 Å². The Morgan fingerprint density at radius 3 is 2.46 bits per heavy atom. The van der Waals surface area contributed by atoms with Crippen molar-refractivity contribution in [2.24, 2.45) is 4.99 Å². The zero-order chi connectivity index (χ0) is 18.3. The Morgan fingerprint density at radius 1 is 1.25 bits per heavy atom. The summed E-state index contributed by atoms with van der Waals surface area (Å²) in [4.78, 5) is 8.25. The first-order valence-electron chi connectivity index (χ1n) is 7.55. The van der Waals surface area contributed by atoms with Gasteiger partial charge in [0.1, 0.15) is 10.7 Å². The van der Waals surface area contributed by atoms with E-state index in [0.29, 0.717) is 17.8 Å². The van der Waals surface area contributed by atoms with E-state index in [1.54, 1.807) is 26.0 Å². The minimum atomic E-state index is -4.69. The van der Waals surface area contributed by atoms with Gasteiger partial charge in [-0.05, 0) is 31.9 Å². The second kappa shape index (κ2) is 9.23. The summed E-state index contributed by atoms with van der Waals surface area (Å²) >= 11 is 11.6. The fourth-order valence-electron chi connectivity index (χ4n) is 1.97. The summed E-state index contributed by atoms with van der Waals surface area (Å²) in [6, 6.07) is 5.33. The summed E-state index contributed by atoms with van der Waals surface area (Å²) in [5, 5.41) is -1.16. The van der Waals surface area contributed by atoms with Crippen LogP contribution >= 0.6 is 23.2 Å². The van der Waals surface area contributed by atoms with E-state index >= 15 is 0 Å². The van der Waals surface area contributed by atoms with Gasteiger partial charge in [0.2, 0.25) is 0 Å². The van der Waals surface area contributed by atoms with Crippen LogP contribution in [0.4, 0.5) is 13.2 Å². The molecule has 0 bridgehead atoms. The molecule has 2 nitrogen and oxygen atoms in total. The number of aromatic nitrogens is 1. The molecule has 0 radical (unpaired) electrons. The standard InChI is InChI=1S/C17H19Cl2F3N2/c1-4-7-12-9-6-10-14(24-12)11(3)23-16(19)15(17(20,21)22)13(18)8-5-2/h6,8-10H,4-5,7H2,1-3H3/b13-8-,16-15+,23-11+. The van der Waals surface area contributed by atoms with Crippen LogP contribution in [0.3, 0.4) is 0 Å². The summed E-state index contributed by atoms with van der Waals surface area (Å²) in [7, 11) is 0. The molecule has 1 aromatic heterocycles. The molecule has 24 heavy (non-hydrogen) atoms. The highest BCUT2D eigenvalue weighted by atomic mass is 35.5. The molecule has 1 rings (SSSR count). The van der Waals surface area contributed by atoms with Crippen molar-refractivity contribution in [2.75, 3.05) is 0 Å². The molecular weight excluding hydrogens is 360 g/mol. The molecule has 1 aromatic rings. The fourth-order valence-corrected chi connectivity index (χ4v) is 2.70. The van der Waals surface area contributed by atoms with Gasteiger partial charge in [-0.25, -0.2) is 4.99 Å². The summed E-state index contributed by atoms with van der Waals surface area (Å²) in [5.74, 6) is 0. The zero-order valence-electron chi connectivity index (χ0n) is 13.7. The summed E-state index contributed by atoms with van der Waals surface area (Å²) in [6.45, 7) is 5.26. The molecule has 0 saturated carbocycles. The van der Waals surface area contributed by atoms with Gasteiger partial charge in [0.15, 0.2) is 0 Å². The van der Waals surface area contributed by atoms with Crippen LogP contribution in [0.25, 0.3) is 0 Å². The summed E-state index contributed by atoms with van der Waals surface area (Å²) in [6.07, 6.45) is -1.39. The molecule has 0 saturated heterocycles. The number of aliphatic imine (C=N–C) groups is 1. The van der Waals surface area contributed by atoms with Crippen LogP contribution in [0.15, 0.2) is 45.0 Å². The van der Waals surface area contributed by atoms with Crippen molar-refractivity contribution in [1.82, 2.24) is 4.98 Å². The average Bonchev–Trinajstić information content (AvgIpc) is 2.46. The van der Waals surface area contributed by atoms with E-state index in [0.717, 1.165) is 18.5 Å². The van der Waals surface area contributed by atoms with Gasteiger partial charge in [0.05, 0.1) is 16.4 Å². The molecule has 7 heteroatoms. The van der Waals surface area contributed by atoms with E-state index in [-0.39, 0.29) is 0 Å². The highest BCUT2D eigenvalue weighted by Crippen LogP contribution is 2.37. The Morgan fingerprint density at radius 2 is 1.92 bits per heavy atom. The fraction of sp³-hybridized carbons (Fsp3) is 0.412. The van der Waals surface area contributed by atoms with E-state index in [4.69, 9.17) is 23.2 Å². The quantitative estimate of drug-likeness (QED) is 0.319. The number of allylic oxidation sites excluding steroid dienone is 3. The SMILES string of the molecule is CC/C=C(Cl)/C(=C(Cl)\N=C(/C)c1cccc(CCC)n1)C(F)(F)F. The molecule has 0 atom stereocenters. The van der Waals surface area contributed by atoms with Crippen molar-refractivity contribution >= 4 is 28.9 Å². The Balaban J connectivity index is 3.32. The molecule has 0 N–H and O–H groups in total. The molecule has 0 aliphatic rings. The van der Waals surface area contributed by atoms with Gasteiger partial charge >= 0.3 is 6.18 Å². The Labute approximate surface area is 150 Å². The maximum atomic E-state index is 13.2. The highest BCUT2D eigenvalue weighted by Gasteiger charge is 2.38. The minimum Gasteiger partial charge on any atom is -0.252 e. The number of aryl methyl sites for hydroxylation is 1. The average molecular weight is 379 g/mol. The molecule has 1 heterocycles. The van der Waals surface area contributed by atoms with Crippen molar-refractivity contribution in [1.29, 1.82) is 0 Å². The third kappa shape index (κ3) is 5.95.